The number of nitrogens with one attached hydrogen (secondary N) is 1. The number of nitrogens with zero attached hydrogens (tertiary/aromatic N) is 4. The number of aromatic nitrogens is 4. The number of methoxy groups -OCH3 is 2. The molecule has 4 aromatic rings. The normalized spacial score (nSPS) is 10.7. The number of benzene rings is 2. The van der Waals surface area contributed by atoms with Crippen LogP contribution in [0.25, 0.3) is 16.9 Å². The second kappa shape index (κ2) is 9.47. The van der Waals surface area contributed by atoms with Crippen LogP contribution < -0.4 is 14.8 Å². The zero-order valence-electron chi connectivity index (χ0n) is 18.4. The van der Waals surface area contributed by atoms with Crippen LogP contribution in [0.2, 0.25) is 0 Å². The van der Waals surface area contributed by atoms with Gasteiger partial charge in [-0.25, -0.2) is 9.07 Å². The molecule has 0 spiro atoms. The average molecular weight is 447 g/mol. The van der Waals surface area contributed by atoms with Crippen LogP contribution in [-0.2, 0) is 6.54 Å². The van der Waals surface area contributed by atoms with Gasteiger partial charge in [0.2, 0.25) is 0 Å². The first-order valence-corrected chi connectivity index (χ1v) is 10.1. The lowest BCUT2D eigenvalue weighted by Crippen LogP contribution is -2.24. The molecule has 33 heavy (non-hydrogen) atoms. The van der Waals surface area contributed by atoms with Crippen molar-refractivity contribution in [2.45, 2.75) is 13.5 Å². The fraction of sp³-hybridized carbons (Fsp3) is 0.167. The third-order valence-corrected chi connectivity index (χ3v) is 5.16. The van der Waals surface area contributed by atoms with Gasteiger partial charge >= 0.3 is 0 Å². The van der Waals surface area contributed by atoms with Crippen molar-refractivity contribution in [2.24, 2.45) is 0 Å². The molecule has 0 radical (unpaired) electrons. The van der Waals surface area contributed by atoms with E-state index in [1.54, 1.807) is 69.9 Å². The minimum Gasteiger partial charge on any atom is -0.497 e. The third-order valence-electron chi connectivity index (χ3n) is 5.16. The SMILES string of the molecule is COc1ccc(CNC(=O)c2nnn(-c3ccc(F)c(C)c3)c2-c2ccncc2)c(OC)c1. The number of halogens is 1. The lowest BCUT2D eigenvalue weighted by Gasteiger charge is -2.12. The van der Waals surface area contributed by atoms with E-state index in [9.17, 15) is 9.18 Å². The van der Waals surface area contributed by atoms with E-state index < -0.39 is 5.91 Å². The van der Waals surface area contributed by atoms with Gasteiger partial charge in [0.15, 0.2) is 5.69 Å². The summed E-state index contributed by atoms with van der Waals surface area (Å²) >= 11 is 0. The monoisotopic (exact) mass is 447 g/mol. The number of hydrogen-bond acceptors (Lipinski definition) is 6. The second-order valence-electron chi connectivity index (χ2n) is 7.23. The first kappa shape index (κ1) is 21.9. The molecule has 0 saturated carbocycles. The van der Waals surface area contributed by atoms with Crippen molar-refractivity contribution < 1.29 is 18.7 Å². The van der Waals surface area contributed by atoms with E-state index in [-0.39, 0.29) is 18.1 Å². The van der Waals surface area contributed by atoms with Crippen LogP contribution in [0.3, 0.4) is 0 Å². The Hall–Kier alpha value is -4.27. The largest absolute Gasteiger partial charge is 0.497 e. The van der Waals surface area contributed by atoms with Crippen molar-refractivity contribution in [3.63, 3.8) is 0 Å². The molecule has 0 aliphatic heterocycles. The molecule has 9 heteroatoms. The quantitative estimate of drug-likeness (QED) is 0.464. The Kier molecular flexibility index (Phi) is 6.30. The van der Waals surface area contributed by atoms with E-state index in [1.165, 1.54) is 10.7 Å². The van der Waals surface area contributed by atoms with Gasteiger partial charge < -0.3 is 14.8 Å². The van der Waals surface area contributed by atoms with Gasteiger partial charge in [0, 0.05) is 36.1 Å². The molecule has 0 unspecified atom stereocenters. The van der Waals surface area contributed by atoms with Gasteiger partial charge in [-0.2, -0.15) is 0 Å². The molecule has 0 bridgehead atoms. The predicted molar refractivity (Wildman–Crippen MR) is 120 cm³/mol. The zero-order chi connectivity index (χ0) is 23.4. The number of hydrogen-bond donors (Lipinski definition) is 1. The Bertz CT molecular complexity index is 1290. The van der Waals surface area contributed by atoms with Crippen LogP contribution in [0.5, 0.6) is 11.5 Å². The van der Waals surface area contributed by atoms with E-state index in [1.807, 2.05) is 6.07 Å². The number of ether oxygens (including phenoxy) is 2. The minimum absolute atomic E-state index is 0.135. The number of aryl methyl sites for hydroxylation is 1. The van der Waals surface area contributed by atoms with Crippen molar-refractivity contribution in [1.82, 2.24) is 25.3 Å². The van der Waals surface area contributed by atoms with Crippen LogP contribution in [-0.4, -0.2) is 40.1 Å². The summed E-state index contributed by atoms with van der Waals surface area (Å²) in [5.74, 6) is 0.509. The van der Waals surface area contributed by atoms with Crippen molar-refractivity contribution in [2.75, 3.05) is 14.2 Å². The van der Waals surface area contributed by atoms with Crippen LogP contribution in [0.4, 0.5) is 4.39 Å². The highest BCUT2D eigenvalue weighted by Gasteiger charge is 2.22. The van der Waals surface area contributed by atoms with Crippen molar-refractivity contribution >= 4 is 5.91 Å². The molecule has 0 aliphatic rings. The Balaban J connectivity index is 1.68. The number of amides is 1. The molecular formula is C24H22FN5O3. The van der Waals surface area contributed by atoms with Crippen molar-refractivity contribution in [1.29, 1.82) is 0 Å². The Morgan fingerprint density at radius 2 is 1.85 bits per heavy atom. The summed E-state index contributed by atoms with van der Waals surface area (Å²) in [5, 5.41) is 11.2. The molecule has 0 saturated heterocycles. The number of carbonyl (C=O) groups is 1. The maximum Gasteiger partial charge on any atom is 0.274 e. The lowest BCUT2D eigenvalue weighted by atomic mass is 10.1. The molecular weight excluding hydrogens is 425 g/mol. The highest BCUT2D eigenvalue weighted by atomic mass is 19.1. The average Bonchev–Trinajstić information content (AvgIpc) is 3.30. The number of carbonyl (C=O) groups excluding carboxylic acids is 1. The Morgan fingerprint density at radius 1 is 1.06 bits per heavy atom. The highest BCUT2D eigenvalue weighted by Crippen LogP contribution is 2.27. The second-order valence-corrected chi connectivity index (χ2v) is 7.23. The molecule has 168 valence electrons. The summed E-state index contributed by atoms with van der Waals surface area (Å²) in [4.78, 5) is 17.2. The van der Waals surface area contributed by atoms with Gasteiger partial charge in [-0.15, -0.1) is 5.10 Å². The molecule has 2 aromatic heterocycles. The number of pyridine rings is 1. The van der Waals surface area contributed by atoms with Gasteiger partial charge in [0.1, 0.15) is 23.0 Å². The standard InChI is InChI=1S/C24H22FN5O3/c1-15-12-18(5-7-20(15)25)30-23(16-8-10-26-11-9-16)22(28-29-30)24(31)27-14-17-4-6-19(32-2)13-21(17)33-3/h4-13H,14H2,1-3H3,(H,27,31). The summed E-state index contributed by atoms with van der Waals surface area (Å²) in [6, 6.07) is 13.5. The van der Waals surface area contributed by atoms with Crippen molar-refractivity contribution in [3.05, 3.63) is 83.6 Å². The topological polar surface area (TPSA) is 91.2 Å². The van der Waals surface area contributed by atoms with Gasteiger partial charge in [0.25, 0.3) is 5.91 Å². The fourth-order valence-corrected chi connectivity index (χ4v) is 3.40. The first-order chi connectivity index (χ1) is 16.0. The zero-order valence-corrected chi connectivity index (χ0v) is 18.4. The van der Waals surface area contributed by atoms with Crippen LogP contribution in [0.15, 0.2) is 60.9 Å². The van der Waals surface area contributed by atoms with Gasteiger partial charge in [0.05, 0.1) is 19.9 Å². The van der Waals surface area contributed by atoms with Gasteiger partial charge in [-0.1, -0.05) is 5.21 Å². The summed E-state index contributed by atoms with van der Waals surface area (Å²) < 4.78 is 25.9. The van der Waals surface area contributed by atoms with Gasteiger partial charge in [-0.3, -0.25) is 9.78 Å². The van der Waals surface area contributed by atoms with E-state index in [0.717, 1.165) is 5.56 Å². The summed E-state index contributed by atoms with van der Waals surface area (Å²) in [5.41, 5.74) is 3.13. The minimum atomic E-state index is -0.412. The number of rotatable bonds is 7. The summed E-state index contributed by atoms with van der Waals surface area (Å²) in [7, 11) is 3.13. The Labute approximate surface area is 190 Å². The van der Waals surface area contributed by atoms with E-state index >= 15 is 0 Å². The molecule has 8 nitrogen and oxygen atoms in total. The first-order valence-electron chi connectivity index (χ1n) is 10.1. The maximum atomic E-state index is 13.8. The molecule has 0 fully saturated rings. The maximum absolute atomic E-state index is 13.8. The molecule has 1 N–H and O–H groups in total. The third kappa shape index (κ3) is 4.52. The lowest BCUT2D eigenvalue weighted by molar-refractivity contribution is 0.0946. The van der Waals surface area contributed by atoms with Crippen LogP contribution >= 0.6 is 0 Å². The van der Waals surface area contributed by atoms with E-state index in [0.29, 0.717) is 34.0 Å². The molecule has 0 aliphatic carbocycles. The molecule has 2 aromatic carbocycles. The molecule has 4 rings (SSSR count). The highest BCUT2D eigenvalue weighted by molar-refractivity contribution is 5.98. The van der Waals surface area contributed by atoms with Crippen LogP contribution in [0.1, 0.15) is 21.6 Å². The predicted octanol–water partition coefficient (Wildman–Crippen LogP) is 3.72. The van der Waals surface area contributed by atoms with Gasteiger partial charge in [-0.05, 0) is 55.0 Å². The smallest absolute Gasteiger partial charge is 0.274 e. The van der Waals surface area contributed by atoms with E-state index in [4.69, 9.17) is 9.47 Å². The fourth-order valence-electron chi connectivity index (χ4n) is 3.40. The Morgan fingerprint density at radius 3 is 2.55 bits per heavy atom. The summed E-state index contributed by atoms with van der Waals surface area (Å²) in [6.45, 7) is 1.88. The van der Waals surface area contributed by atoms with E-state index in [2.05, 4.69) is 20.6 Å². The molecule has 0 atom stereocenters. The van der Waals surface area contributed by atoms with Crippen LogP contribution in [0, 0.1) is 12.7 Å². The molecule has 2 heterocycles. The van der Waals surface area contributed by atoms with Crippen molar-refractivity contribution in [3.8, 4) is 28.4 Å². The summed E-state index contributed by atoms with van der Waals surface area (Å²) in [6.07, 6.45) is 3.24. The molecule has 1 amide bonds.